The van der Waals surface area contributed by atoms with Gasteiger partial charge in [0.05, 0.1) is 5.56 Å². The molecule has 0 unspecified atom stereocenters. The van der Waals surface area contributed by atoms with Crippen LogP contribution in [0.2, 0.25) is 0 Å². The normalized spacial score (nSPS) is 14.9. The summed E-state index contributed by atoms with van der Waals surface area (Å²) in [6, 6.07) is 8.28. The fraction of sp³-hybridized carbons (Fsp3) is 0.389. The standard InChI is InChI=1S/C18H22FN3O.ClH/c1-13-12-17(18(23)21-10-3-8-20-9-11-21)14(2)22(13)16-6-4-15(19)5-7-16;/h4-7,12,20H,3,8-11H2,1-2H3;1H. The maximum absolute atomic E-state index is 13.1. The lowest BCUT2D eigenvalue weighted by molar-refractivity contribution is 0.0765. The number of nitrogens with one attached hydrogen (secondary N) is 1. The van der Waals surface area contributed by atoms with Crippen molar-refractivity contribution in [2.45, 2.75) is 20.3 Å². The minimum atomic E-state index is -0.260. The molecule has 1 amide bonds. The highest BCUT2D eigenvalue weighted by molar-refractivity contribution is 5.96. The lowest BCUT2D eigenvalue weighted by Crippen LogP contribution is -2.34. The number of aryl methyl sites for hydroxylation is 1. The average molecular weight is 352 g/mol. The zero-order valence-electron chi connectivity index (χ0n) is 14.0. The molecule has 1 saturated heterocycles. The topological polar surface area (TPSA) is 37.3 Å². The van der Waals surface area contributed by atoms with Gasteiger partial charge in [0.2, 0.25) is 0 Å². The zero-order chi connectivity index (χ0) is 16.4. The SMILES string of the molecule is Cc1cc(C(=O)N2CCCNCC2)c(C)n1-c1ccc(F)cc1.Cl. The zero-order valence-corrected chi connectivity index (χ0v) is 14.8. The molecule has 1 aliphatic heterocycles. The molecule has 4 nitrogen and oxygen atoms in total. The van der Waals surface area contributed by atoms with Gasteiger partial charge in [-0.05, 0) is 57.1 Å². The van der Waals surface area contributed by atoms with E-state index >= 15 is 0 Å². The Morgan fingerprint density at radius 1 is 1.12 bits per heavy atom. The number of benzene rings is 1. The van der Waals surface area contributed by atoms with Crippen LogP contribution < -0.4 is 5.32 Å². The predicted molar refractivity (Wildman–Crippen MR) is 95.8 cm³/mol. The third kappa shape index (κ3) is 3.62. The first-order chi connectivity index (χ1) is 11.1. The lowest BCUT2D eigenvalue weighted by atomic mass is 10.2. The van der Waals surface area contributed by atoms with E-state index in [0.29, 0.717) is 0 Å². The molecular formula is C18H23ClFN3O. The molecule has 3 rings (SSSR count). The minimum absolute atomic E-state index is 0. The molecule has 1 fully saturated rings. The van der Waals surface area contributed by atoms with Crippen LogP contribution in [0.1, 0.15) is 28.2 Å². The monoisotopic (exact) mass is 351 g/mol. The van der Waals surface area contributed by atoms with Gasteiger partial charge in [0.25, 0.3) is 5.91 Å². The second kappa shape index (κ2) is 7.81. The van der Waals surface area contributed by atoms with E-state index in [1.54, 1.807) is 12.1 Å². The molecule has 0 aliphatic carbocycles. The number of amides is 1. The molecule has 1 aliphatic rings. The Morgan fingerprint density at radius 2 is 1.83 bits per heavy atom. The van der Waals surface area contributed by atoms with E-state index in [1.807, 2.05) is 29.4 Å². The number of halogens is 2. The minimum Gasteiger partial charge on any atom is -0.337 e. The molecule has 2 aromatic rings. The van der Waals surface area contributed by atoms with Crippen LogP contribution >= 0.6 is 12.4 Å². The van der Waals surface area contributed by atoms with E-state index in [-0.39, 0.29) is 24.1 Å². The van der Waals surface area contributed by atoms with E-state index < -0.39 is 0 Å². The molecule has 0 saturated carbocycles. The maximum atomic E-state index is 13.1. The third-order valence-corrected chi connectivity index (χ3v) is 4.37. The predicted octanol–water partition coefficient (Wildman–Crippen LogP) is 3.09. The Kier molecular flexibility index (Phi) is 6.02. The molecule has 1 N–H and O–H groups in total. The van der Waals surface area contributed by atoms with Crippen molar-refractivity contribution in [1.29, 1.82) is 0 Å². The number of carbonyl (C=O) groups excluding carboxylic acids is 1. The lowest BCUT2D eigenvalue weighted by Gasteiger charge is -2.20. The molecule has 0 bridgehead atoms. The van der Waals surface area contributed by atoms with Crippen molar-refractivity contribution in [3.63, 3.8) is 0 Å². The number of hydrogen-bond acceptors (Lipinski definition) is 2. The van der Waals surface area contributed by atoms with Gasteiger partial charge < -0.3 is 14.8 Å². The fourth-order valence-corrected chi connectivity index (χ4v) is 3.19. The molecule has 1 aromatic carbocycles. The Hall–Kier alpha value is -1.85. The van der Waals surface area contributed by atoms with E-state index in [9.17, 15) is 9.18 Å². The molecule has 24 heavy (non-hydrogen) atoms. The number of rotatable bonds is 2. The van der Waals surface area contributed by atoms with Gasteiger partial charge in [-0.15, -0.1) is 12.4 Å². The average Bonchev–Trinajstić information content (AvgIpc) is 2.74. The van der Waals surface area contributed by atoms with Gasteiger partial charge in [-0.25, -0.2) is 4.39 Å². The molecular weight excluding hydrogens is 329 g/mol. The Bertz CT molecular complexity index is 704. The maximum Gasteiger partial charge on any atom is 0.255 e. The second-order valence-electron chi connectivity index (χ2n) is 5.99. The summed E-state index contributed by atoms with van der Waals surface area (Å²) in [5.74, 6) is -0.181. The summed E-state index contributed by atoms with van der Waals surface area (Å²) in [7, 11) is 0. The van der Waals surface area contributed by atoms with Crippen LogP contribution in [0.25, 0.3) is 5.69 Å². The molecule has 130 valence electrons. The third-order valence-electron chi connectivity index (χ3n) is 4.37. The van der Waals surface area contributed by atoms with E-state index in [1.165, 1.54) is 12.1 Å². The van der Waals surface area contributed by atoms with Crippen LogP contribution in [0.5, 0.6) is 0 Å². The summed E-state index contributed by atoms with van der Waals surface area (Å²) in [5, 5.41) is 3.31. The van der Waals surface area contributed by atoms with Crippen LogP contribution in [0, 0.1) is 19.7 Å². The van der Waals surface area contributed by atoms with Crippen LogP contribution in [0.3, 0.4) is 0 Å². The van der Waals surface area contributed by atoms with Gasteiger partial charge >= 0.3 is 0 Å². The van der Waals surface area contributed by atoms with Crippen molar-refractivity contribution in [3.8, 4) is 5.69 Å². The molecule has 6 heteroatoms. The summed E-state index contributed by atoms with van der Waals surface area (Å²) >= 11 is 0. The molecule has 1 aromatic heterocycles. The van der Waals surface area contributed by atoms with Crippen molar-refractivity contribution in [2.24, 2.45) is 0 Å². The summed E-state index contributed by atoms with van der Waals surface area (Å²) < 4.78 is 15.1. The number of carbonyl (C=O) groups is 1. The summed E-state index contributed by atoms with van der Waals surface area (Å²) in [6.45, 7) is 7.22. The van der Waals surface area contributed by atoms with Crippen molar-refractivity contribution in [2.75, 3.05) is 26.2 Å². The van der Waals surface area contributed by atoms with Crippen LogP contribution in [0.4, 0.5) is 4.39 Å². The first-order valence-electron chi connectivity index (χ1n) is 8.03. The van der Waals surface area contributed by atoms with Gasteiger partial charge in [-0.1, -0.05) is 0 Å². The van der Waals surface area contributed by atoms with Crippen LogP contribution in [-0.4, -0.2) is 41.6 Å². The molecule has 0 atom stereocenters. The van der Waals surface area contributed by atoms with E-state index in [0.717, 1.165) is 55.2 Å². The highest BCUT2D eigenvalue weighted by atomic mass is 35.5. The van der Waals surface area contributed by atoms with Crippen molar-refractivity contribution in [3.05, 3.63) is 53.1 Å². The van der Waals surface area contributed by atoms with Gasteiger partial charge in [-0.2, -0.15) is 0 Å². The Balaban J connectivity index is 0.00000208. The number of aromatic nitrogens is 1. The van der Waals surface area contributed by atoms with E-state index in [2.05, 4.69) is 5.32 Å². The highest BCUT2D eigenvalue weighted by Gasteiger charge is 2.22. The number of hydrogen-bond donors (Lipinski definition) is 1. The Morgan fingerprint density at radius 3 is 2.54 bits per heavy atom. The highest BCUT2D eigenvalue weighted by Crippen LogP contribution is 2.22. The molecule has 0 radical (unpaired) electrons. The van der Waals surface area contributed by atoms with Crippen molar-refractivity contribution >= 4 is 18.3 Å². The smallest absolute Gasteiger partial charge is 0.255 e. The first-order valence-corrected chi connectivity index (χ1v) is 8.03. The molecule has 0 spiro atoms. The first kappa shape index (κ1) is 18.5. The van der Waals surface area contributed by atoms with Gasteiger partial charge in [0.15, 0.2) is 0 Å². The number of nitrogens with zero attached hydrogens (tertiary/aromatic N) is 2. The largest absolute Gasteiger partial charge is 0.337 e. The Labute approximate surface area is 148 Å². The summed E-state index contributed by atoms with van der Waals surface area (Å²) in [6.07, 6.45) is 0.975. The van der Waals surface area contributed by atoms with E-state index in [4.69, 9.17) is 0 Å². The second-order valence-corrected chi connectivity index (χ2v) is 5.99. The van der Waals surface area contributed by atoms with Crippen LogP contribution in [-0.2, 0) is 0 Å². The van der Waals surface area contributed by atoms with Gasteiger partial charge in [-0.3, -0.25) is 4.79 Å². The van der Waals surface area contributed by atoms with Gasteiger partial charge in [0.1, 0.15) is 5.82 Å². The summed E-state index contributed by atoms with van der Waals surface area (Å²) in [5.41, 5.74) is 3.48. The van der Waals surface area contributed by atoms with Crippen molar-refractivity contribution < 1.29 is 9.18 Å². The quantitative estimate of drug-likeness (QED) is 0.902. The van der Waals surface area contributed by atoms with Crippen LogP contribution in [0.15, 0.2) is 30.3 Å². The fourth-order valence-electron chi connectivity index (χ4n) is 3.19. The van der Waals surface area contributed by atoms with Crippen molar-refractivity contribution in [1.82, 2.24) is 14.8 Å². The summed E-state index contributed by atoms with van der Waals surface area (Å²) in [4.78, 5) is 14.8. The van der Waals surface area contributed by atoms with Gasteiger partial charge in [0, 0.05) is 36.7 Å². The molecule has 2 heterocycles.